The largest absolute Gasteiger partial charge is 0.465 e. The number of fused-ring (bicyclic) bond motifs is 1. The Labute approximate surface area is 108 Å². The first-order valence-electron chi connectivity index (χ1n) is 5.52. The van der Waals surface area contributed by atoms with Gasteiger partial charge in [-0.25, -0.2) is 4.79 Å². The molecule has 0 aliphatic heterocycles. The van der Waals surface area contributed by atoms with Gasteiger partial charge in [-0.3, -0.25) is 0 Å². The number of esters is 1. The van der Waals surface area contributed by atoms with Gasteiger partial charge in [0, 0.05) is 17.1 Å². The molecule has 0 radical (unpaired) electrons. The number of aromatic nitrogens is 1. The topological polar surface area (TPSA) is 30.7 Å². The third-order valence-electron chi connectivity index (χ3n) is 2.90. The number of methoxy groups -OCH3 is 1. The van der Waals surface area contributed by atoms with E-state index < -0.39 is 0 Å². The molecule has 4 heteroatoms. The zero-order chi connectivity index (χ0) is 12.5. The van der Waals surface area contributed by atoms with Crippen LogP contribution < -0.4 is 0 Å². The standard InChI is InChI=1S/C14H11NO2S/c1-17-14(16)11-8-13(10-5-7-18-9-10)15-6-3-2-4-12(11)15/h2-9H,1H3. The van der Waals surface area contributed by atoms with Crippen molar-refractivity contribution in [2.24, 2.45) is 0 Å². The minimum Gasteiger partial charge on any atom is -0.465 e. The molecule has 0 aliphatic rings. The number of thiophene rings is 1. The lowest BCUT2D eigenvalue weighted by Crippen LogP contribution is -1.99. The lowest BCUT2D eigenvalue weighted by atomic mass is 10.2. The van der Waals surface area contributed by atoms with E-state index in [0.29, 0.717) is 5.56 Å². The van der Waals surface area contributed by atoms with Crippen LogP contribution in [-0.4, -0.2) is 17.5 Å². The summed E-state index contributed by atoms with van der Waals surface area (Å²) in [5.74, 6) is -0.305. The van der Waals surface area contributed by atoms with Gasteiger partial charge in [-0.1, -0.05) is 6.07 Å². The van der Waals surface area contributed by atoms with Crippen LogP contribution >= 0.6 is 11.3 Å². The van der Waals surface area contributed by atoms with Crippen LogP contribution in [0.15, 0.2) is 47.3 Å². The first-order valence-corrected chi connectivity index (χ1v) is 6.46. The maximum Gasteiger partial charge on any atom is 0.340 e. The Hall–Kier alpha value is -2.07. The van der Waals surface area contributed by atoms with E-state index in [1.165, 1.54) is 7.11 Å². The van der Waals surface area contributed by atoms with Crippen LogP contribution in [0.2, 0.25) is 0 Å². The lowest BCUT2D eigenvalue weighted by molar-refractivity contribution is 0.0603. The van der Waals surface area contributed by atoms with Crippen molar-refractivity contribution >= 4 is 22.8 Å². The Balaban J connectivity index is 2.31. The summed E-state index contributed by atoms with van der Waals surface area (Å²) in [6.07, 6.45) is 1.95. The van der Waals surface area contributed by atoms with Crippen molar-refractivity contribution in [2.75, 3.05) is 7.11 Å². The predicted octanol–water partition coefficient (Wildman–Crippen LogP) is 3.45. The number of nitrogens with zero attached hydrogens (tertiary/aromatic N) is 1. The number of carbonyl (C=O) groups is 1. The molecule has 0 saturated carbocycles. The van der Waals surface area contributed by atoms with Crippen LogP contribution in [0.5, 0.6) is 0 Å². The molecule has 0 fully saturated rings. The quantitative estimate of drug-likeness (QED) is 0.658. The third kappa shape index (κ3) is 1.62. The van der Waals surface area contributed by atoms with Crippen molar-refractivity contribution in [3.8, 4) is 11.3 Å². The minimum atomic E-state index is -0.305. The second-order valence-corrected chi connectivity index (χ2v) is 4.68. The van der Waals surface area contributed by atoms with E-state index in [0.717, 1.165) is 16.8 Å². The van der Waals surface area contributed by atoms with Crippen LogP contribution in [0.25, 0.3) is 16.8 Å². The van der Waals surface area contributed by atoms with Crippen molar-refractivity contribution in [1.82, 2.24) is 4.40 Å². The summed E-state index contributed by atoms with van der Waals surface area (Å²) in [7, 11) is 1.40. The van der Waals surface area contributed by atoms with E-state index >= 15 is 0 Å². The molecule has 0 spiro atoms. The highest BCUT2D eigenvalue weighted by Gasteiger charge is 2.16. The maximum absolute atomic E-state index is 11.8. The van der Waals surface area contributed by atoms with Crippen molar-refractivity contribution in [1.29, 1.82) is 0 Å². The first kappa shape index (κ1) is 11.0. The zero-order valence-electron chi connectivity index (χ0n) is 9.79. The average molecular weight is 257 g/mol. The smallest absolute Gasteiger partial charge is 0.340 e. The molecule has 0 amide bonds. The fourth-order valence-electron chi connectivity index (χ4n) is 2.06. The van der Waals surface area contributed by atoms with Crippen LogP contribution in [0.1, 0.15) is 10.4 Å². The number of rotatable bonds is 2. The van der Waals surface area contributed by atoms with Crippen molar-refractivity contribution in [3.63, 3.8) is 0 Å². The number of pyridine rings is 1. The predicted molar refractivity (Wildman–Crippen MR) is 72.0 cm³/mol. The fourth-order valence-corrected chi connectivity index (χ4v) is 2.71. The van der Waals surface area contributed by atoms with Crippen LogP contribution in [-0.2, 0) is 4.74 Å². The van der Waals surface area contributed by atoms with Crippen LogP contribution in [0.4, 0.5) is 0 Å². The van der Waals surface area contributed by atoms with Crippen molar-refractivity contribution in [3.05, 3.63) is 52.9 Å². The Bertz CT molecular complexity index is 698. The molecule has 18 heavy (non-hydrogen) atoms. The van der Waals surface area contributed by atoms with E-state index in [1.807, 2.05) is 46.3 Å². The first-order chi connectivity index (χ1) is 8.81. The van der Waals surface area contributed by atoms with E-state index in [-0.39, 0.29) is 5.97 Å². The van der Waals surface area contributed by atoms with Gasteiger partial charge in [-0.05, 0) is 29.6 Å². The van der Waals surface area contributed by atoms with Gasteiger partial charge in [0.1, 0.15) is 0 Å². The summed E-state index contributed by atoms with van der Waals surface area (Å²) in [4.78, 5) is 11.8. The number of carbonyl (C=O) groups excluding carboxylic acids is 1. The number of hydrogen-bond acceptors (Lipinski definition) is 3. The lowest BCUT2D eigenvalue weighted by Gasteiger charge is -2.00. The molecule has 0 atom stereocenters. The second kappa shape index (κ2) is 4.31. The highest BCUT2D eigenvalue weighted by molar-refractivity contribution is 7.08. The Morgan fingerprint density at radius 1 is 1.33 bits per heavy atom. The van der Waals surface area contributed by atoms with Crippen LogP contribution in [0, 0.1) is 0 Å². The van der Waals surface area contributed by atoms with Crippen LogP contribution in [0.3, 0.4) is 0 Å². The molecule has 0 unspecified atom stereocenters. The molecule has 0 bridgehead atoms. The monoisotopic (exact) mass is 257 g/mol. The Morgan fingerprint density at radius 2 is 2.22 bits per heavy atom. The maximum atomic E-state index is 11.8. The van der Waals surface area contributed by atoms with E-state index in [1.54, 1.807) is 11.3 Å². The fraction of sp³-hybridized carbons (Fsp3) is 0.0714. The molecule has 3 aromatic rings. The summed E-state index contributed by atoms with van der Waals surface area (Å²) < 4.78 is 6.83. The highest BCUT2D eigenvalue weighted by Crippen LogP contribution is 2.28. The summed E-state index contributed by atoms with van der Waals surface area (Å²) in [5, 5.41) is 4.09. The number of hydrogen-bond donors (Lipinski definition) is 0. The Kier molecular flexibility index (Phi) is 2.64. The summed E-state index contributed by atoms with van der Waals surface area (Å²) in [5.41, 5.74) is 3.58. The summed E-state index contributed by atoms with van der Waals surface area (Å²) >= 11 is 1.64. The van der Waals surface area contributed by atoms with E-state index in [4.69, 9.17) is 4.74 Å². The summed E-state index contributed by atoms with van der Waals surface area (Å²) in [6.45, 7) is 0. The van der Waals surface area contributed by atoms with Gasteiger partial charge < -0.3 is 9.14 Å². The van der Waals surface area contributed by atoms with Gasteiger partial charge in [0.05, 0.1) is 23.9 Å². The molecule has 3 aromatic heterocycles. The van der Waals surface area contributed by atoms with Gasteiger partial charge in [0.25, 0.3) is 0 Å². The molecule has 0 aromatic carbocycles. The molecular weight excluding hydrogens is 246 g/mol. The molecule has 90 valence electrons. The van der Waals surface area contributed by atoms with Gasteiger partial charge in [-0.15, -0.1) is 0 Å². The van der Waals surface area contributed by atoms with E-state index in [9.17, 15) is 4.79 Å². The number of ether oxygens (including phenoxy) is 1. The van der Waals surface area contributed by atoms with Gasteiger partial charge >= 0.3 is 5.97 Å². The second-order valence-electron chi connectivity index (χ2n) is 3.90. The van der Waals surface area contributed by atoms with Crippen molar-refractivity contribution in [2.45, 2.75) is 0 Å². The average Bonchev–Trinajstić information content (AvgIpc) is 3.04. The highest BCUT2D eigenvalue weighted by atomic mass is 32.1. The molecular formula is C14H11NO2S. The zero-order valence-corrected chi connectivity index (χ0v) is 10.6. The molecule has 0 N–H and O–H groups in total. The van der Waals surface area contributed by atoms with E-state index in [2.05, 4.69) is 5.38 Å². The minimum absolute atomic E-state index is 0.305. The Morgan fingerprint density at radius 3 is 2.94 bits per heavy atom. The van der Waals surface area contributed by atoms with Gasteiger partial charge in [-0.2, -0.15) is 11.3 Å². The van der Waals surface area contributed by atoms with Gasteiger partial charge in [0.2, 0.25) is 0 Å². The SMILES string of the molecule is COC(=O)c1cc(-c2ccsc2)n2ccccc12. The third-order valence-corrected chi connectivity index (χ3v) is 3.58. The normalized spacial score (nSPS) is 10.7. The molecule has 0 saturated heterocycles. The summed E-state index contributed by atoms with van der Waals surface area (Å²) in [6, 6.07) is 9.70. The molecule has 0 aliphatic carbocycles. The molecule has 3 nitrogen and oxygen atoms in total. The van der Waals surface area contributed by atoms with Gasteiger partial charge in [0.15, 0.2) is 0 Å². The molecule has 3 heterocycles. The van der Waals surface area contributed by atoms with Crippen molar-refractivity contribution < 1.29 is 9.53 Å². The molecule has 3 rings (SSSR count).